The van der Waals surface area contributed by atoms with E-state index in [4.69, 9.17) is 5.73 Å². The predicted octanol–water partition coefficient (Wildman–Crippen LogP) is 3.64. The first-order chi connectivity index (χ1) is 11.3. The zero-order valence-electron chi connectivity index (χ0n) is 14.8. The minimum atomic E-state index is 0. The van der Waals surface area contributed by atoms with Crippen LogP contribution in [0.4, 0.5) is 5.69 Å². The second-order valence-corrected chi connectivity index (χ2v) is 6.96. The maximum atomic E-state index is 6.14. The molecule has 5 heteroatoms. The van der Waals surface area contributed by atoms with Gasteiger partial charge in [0.15, 0.2) is 5.96 Å². The number of guanidine groups is 1. The molecule has 3 rings (SSSR count). The number of anilines is 1. The monoisotopic (exact) mass is 442 g/mol. The summed E-state index contributed by atoms with van der Waals surface area (Å²) >= 11 is 0. The number of likely N-dealkylation sites (tertiary alicyclic amines) is 1. The number of hydrogen-bond acceptors (Lipinski definition) is 2. The summed E-state index contributed by atoms with van der Waals surface area (Å²) in [5.74, 6) is 1.23. The summed E-state index contributed by atoms with van der Waals surface area (Å²) in [5, 5.41) is 3.34. The van der Waals surface area contributed by atoms with Gasteiger partial charge in [-0.15, -0.1) is 24.0 Å². The molecule has 1 atom stereocenters. The first-order valence-corrected chi connectivity index (χ1v) is 9.16. The zero-order chi connectivity index (χ0) is 16.1. The molecule has 134 valence electrons. The van der Waals surface area contributed by atoms with Crippen LogP contribution in [0.15, 0.2) is 23.2 Å². The van der Waals surface area contributed by atoms with Gasteiger partial charge in [-0.3, -0.25) is 4.99 Å². The molecule has 1 aromatic carbocycles. The van der Waals surface area contributed by atoms with E-state index < -0.39 is 0 Å². The minimum absolute atomic E-state index is 0. The average molecular weight is 442 g/mol. The van der Waals surface area contributed by atoms with Crippen LogP contribution >= 0.6 is 24.0 Å². The van der Waals surface area contributed by atoms with E-state index in [9.17, 15) is 0 Å². The number of aliphatic imine (C=N–C) groups is 1. The van der Waals surface area contributed by atoms with Gasteiger partial charge in [0.2, 0.25) is 0 Å². The summed E-state index contributed by atoms with van der Waals surface area (Å²) in [6.45, 7) is 6.69. The molecule has 1 aliphatic heterocycles. The van der Waals surface area contributed by atoms with Crippen molar-refractivity contribution in [1.29, 1.82) is 0 Å². The number of halogens is 1. The summed E-state index contributed by atoms with van der Waals surface area (Å²) in [4.78, 5) is 7.14. The van der Waals surface area contributed by atoms with Crippen molar-refractivity contribution in [3.05, 3.63) is 29.3 Å². The van der Waals surface area contributed by atoms with Gasteiger partial charge in [0.1, 0.15) is 0 Å². The van der Waals surface area contributed by atoms with Gasteiger partial charge >= 0.3 is 0 Å². The molecule has 2 aliphatic rings. The van der Waals surface area contributed by atoms with Crippen molar-refractivity contribution in [2.24, 2.45) is 16.6 Å². The quantitative estimate of drug-likeness (QED) is 0.416. The van der Waals surface area contributed by atoms with E-state index in [0.29, 0.717) is 11.9 Å². The fourth-order valence-electron chi connectivity index (χ4n) is 3.88. The van der Waals surface area contributed by atoms with Crippen LogP contribution in [0.25, 0.3) is 0 Å². The highest BCUT2D eigenvalue weighted by atomic mass is 127. The highest BCUT2D eigenvalue weighted by molar-refractivity contribution is 14.0. The summed E-state index contributed by atoms with van der Waals surface area (Å²) in [6.07, 6.45) is 7.40. The van der Waals surface area contributed by atoms with Crippen molar-refractivity contribution in [1.82, 2.24) is 4.90 Å². The molecule has 1 aliphatic carbocycles. The number of nitrogens with two attached hydrogens (primary N) is 1. The van der Waals surface area contributed by atoms with Crippen LogP contribution in [0.3, 0.4) is 0 Å². The molecule has 1 fully saturated rings. The lowest BCUT2D eigenvalue weighted by atomic mass is 9.90. The molecule has 1 saturated heterocycles. The van der Waals surface area contributed by atoms with E-state index in [1.54, 1.807) is 0 Å². The molecule has 0 spiro atoms. The first-order valence-electron chi connectivity index (χ1n) is 9.16. The second-order valence-electron chi connectivity index (χ2n) is 6.96. The summed E-state index contributed by atoms with van der Waals surface area (Å²) in [6, 6.07) is 6.50. The van der Waals surface area contributed by atoms with Crippen LogP contribution in [0, 0.1) is 5.92 Å². The fourth-order valence-corrected chi connectivity index (χ4v) is 3.88. The molecule has 4 nitrogen and oxygen atoms in total. The van der Waals surface area contributed by atoms with Gasteiger partial charge in [-0.2, -0.15) is 0 Å². The van der Waals surface area contributed by atoms with E-state index in [2.05, 4.69) is 40.3 Å². The maximum absolute atomic E-state index is 6.14. The largest absolute Gasteiger partial charge is 0.370 e. The van der Waals surface area contributed by atoms with Crippen LogP contribution in [-0.4, -0.2) is 37.0 Å². The van der Waals surface area contributed by atoms with E-state index >= 15 is 0 Å². The summed E-state index contributed by atoms with van der Waals surface area (Å²) in [5.41, 5.74) is 10.2. The third kappa shape index (κ3) is 5.09. The van der Waals surface area contributed by atoms with Crippen molar-refractivity contribution in [2.45, 2.75) is 45.4 Å². The zero-order valence-corrected chi connectivity index (χ0v) is 17.1. The van der Waals surface area contributed by atoms with E-state index in [0.717, 1.165) is 18.7 Å². The lowest BCUT2D eigenvalue weighted by molar-refractivity contribution is 0.326. The molecule has 3 N–H and O–H groups in total. The van der Waals surface area contributed by atoms with Gasteiger partial charge in [0.05, 0.1) is 0 Å². The Hall–Kier alpha value is -0.820. The van der Waals surface area contributed by atoms with E-state index in [1.165, 1.54) is 62.9 Å². The van der Waals surface area contributed by atoms with Crippen molar-refractivity contribution in [3.8, 4) is 0 Å². The molecule has 1 heterocycles. The number of hydrogen-bond donors (Lipinski definition) is 2. The Kier molecular flexibility index (Phi) is 7.81. The molecule has 24 heavy (non-hydrogen) atoms. The lowest BCUT2D eigenvalue weighted by Gasteiger charge is -2.20. The molecule has 0 bridgehead atoms. The minimum Gasteiger partial charge on any atom is -0.370 e. The van der Waals surface area contributed by atoms with Crippen LogP contribution in [-0.2, 0) is 12.8 Å². The Balaban J connectivity index is 0.00000208. The highest BCUT2D eigenvalue weighted by Crippen LogP contribution is 2.27. The maximum Gasteiger partial charge on any atom is 0.193 e. The Labute approximate surface area is 163 Å². The normalized spacial score (nSPS) is 21.2. The van der Waals surface area contributed by atoms with E-state index in [1.807, 2.05) is 0 Å². The fraction of sp³-hybridized carbons (Fsp3) is 0.632. The Morgan fingerprint density at radius 2 is 2.17 bits per heavy atom. The Morgan fingerprint density at radius 3 is 3.00 bits per heavy atom. The van der Waals surface area contributed by atoms with Crippen molar-refractivity contribution in [2.75, 3.05) is 31.5 Å². The van der Waals surface area contributed by atoms with Gasteiger partial charge < -0.3 is 16.0 Å². The van der Waals surface area contributed by atoms with Gasteiger partial charge in [0.25, 0.3) is 0 Å². The Bertz CT molecular complexity index is 558. The van der Waals surface area contributed by atoms with Crippen LogP contribution in [0.1, 0.15) is 43.7 Å². The van der Waals surface area contributed by atoms with Gasteiger partial charge in [-0.05, 0) is 74.7 Å². The lowest BCUT2D eigenvalue weighted by Crippen LogP contribution is -2.26. The van der Waals surface area contributed by atoms with Gasteiger partial charge in [0, 0.05) is 18.8 Å². The molecule has 1 aromatic rings. The first kappa shape index (κ1) is 19.5. The van der Waals surface area contributed by atoms with Crippen LogP contribution in [0.5, 0.6) is 0 Å². The standard InChI is InChI=1S/C19H30N4.HI/c1-2-11-23-12-10-15(14-23)13-21-19(20)22-18-9-5-7-16-6-3-4-8-17(16)18;/h5,7,9,15H,2-4,6,8,10-14H2,1H3,(H3,20,21,22);1H. The van der Waals surface area contributed by atoms with Gasteiger partial charge in [-0.1, -0.05) is 19.1 Å². The van der Waals surface area contributed by atoms with Gasteiger partial charge in [-0.25, -0.2) is 0 Å². The summed E-state index contributed by atoms with van der Waals surface area (Å²) < 4.78 is 0. The molecule has 0 saturated carbocycles. The SMILES string of the molecule is CCCN1CCC(CN=C(N)Nc2cccc3c2CCCC3)C1.I. The summed E-state index contributed by atoms with van der Waals surface area (Å²) in [7, 11) is 0. The molecular weight excluding hydrogens is 411 g/mol. The molecule has 0 aromatic heterocycles. The number of nitrogens with zero attached hydrogens (tertiary/aromatic N) is 2. The number of nitrogens with one attached hydrogen (secondary N) is 1. The predicted molar refractivity (Wildman–Crippen MR) is 113 cm³/mol. The third-order valence-corrected chi connectivity index (χ3v) is 5.09. The smallest absolute Gasteiger partial charge is 0.193 e. The Morgan fingerprint density at radius 1 is 1.33 bits per heavy atom. The second kappa shape index (κ2) is 9.61. The third-order valence-electron chi connectivity index (χ3n) is 5.09. The van der Waals surface area contributed by atoms with Crippen LogP contribution < -0.4 is 11.1 Å². The van der Waals surface area contributed by atoms with Crippen molar-refractivity contribution >= 4 is 35.6 Å². The molecule has 1 unspecified atom stereocenters. The molecular formula is C19H31IN4. The number of fused-ring (bicyclic) bond motifs is 1. The number of rotatable bonds is 5. The molecule has 0 radical (unpaired) electrons. The van der Waals surface area contributed by atoms with Crippen molar-refractivity contribution in [3.63, 3.8) is 0 Å². The van der Waals surface area contributed by atoms with Crippen molar-refractivity contribution < 1.29 is 0 Å². The topological polar surface area (TPSA) is 53.6 Å². The van der Waals surface area contributed by atoms with E-state index in [-0.39, 0.29) is 24.0 Å². The average Bonchev–Trinajstić information content (AvgIpc) is 3.01. The molecule has 0 amide bonds. The number of aryl methyl sites for hydroxylation is 1. The highest BCUT2D eigenvalue weighted by Gasteiger charge is 2.21. The number of benzene rings is 1. The van der Waals surface area contributed by atoms with Crippen LogP contribution in [0.2, 0.25) is 0 Å².